The number of alkyl halides is 3. The van der Waals surface area contributed by atoms with Crippen LogP contribution in [0.5, 0.6) is 0 Å². The van der Waals surface area contributed by atoms with Crippen molar-refractivity contribution in [2.75, 3.05) is 25.4 Å². The van der Waals surface area contributed by atoms with Crippen LogP contribution in [0.2, 0.25) is 0 Å². The maximum absolute atomic E-state index is 14.1. The number of nitriles is 1. The maximum atomic E-state index is 14.1. The van der Waals surface area contributed by atoms with Gasteiger partial charge in [-0.3, -0.25) is 10.1 Å². The van der Waals surface area contributed by atoms with E-state index in [0.29, 0.717) is 18.7 Å². The second kappa shape index (κ2) is 12.1. The van der Waals surface area contributed by atoms with Crippen molar-refractivity contribution in [2.45, 2.75) is 49.3 Å². The number of nitrogens with one attached hydrogen (secondary N) is 2. The lowest BCUT2D eigenvalue weighted by molar-refractivity contribution is -0.160. The van der Waals surface area contributed by atoms with Gasteiger partial charge < -0.3 is 10.2 Å². The molecule has 37 heavy (non-hydrogen) atoms. The fraction of sp³-hybridized carbons (Fsp3) is 0.462. The molecule has 0 radical (unpaired) electrons. The van der Waals surface area contributed by atoms with E-state index in [0.717, 1.165) is 6.54 Å². The molecule has 11 heteroatoms. The predicted octanol–water partition coefficient (Wildman–Crippen LogP) is 3.36. The lowest BCUT2D eigenvalue weighted by Crippen LogP contribution is -2.60. The molecule has 2 atom stereocenters. The molecule has 0 saturated carbocycles. The van der Waals surface area contributed by atoms with Gasteiger partial charge in [0.1, 0.15) is 17.6 Å². The molecule has 1 amide bonds. The molecule has 1 saturated heterocycles. The summed E-state index contributed by atoms with van der Waals surface area (Å²) in [6.07, 6.45) is -4.23. The number of amides is 1. The van der Waals surface area contributed by atoms with Gasteiger partial charge in [-0.25, -0.2) is 8.42 Å². The summed E-state index contributed by atoms with van der Waals surface area (Å²) < 4.78 is 68.3. The van der Waals surface area contributed by atoms with Gasteiger partial charge in [0.05, 0.1) is 17.6 Å². The van der Waals surface area contributed by atoms with Crippen LogP contribution >= 0.6 is 0 Å². The first-order valence-electron chi connectivity index (χ1n) is 12.0. The highest BCUT2D eigenvalue weighted by molar-refractivity contribution is 7.90. The Bertz CT molecular complexity index is 1180. The Hall–Kier alpha value is -2.94. The average Bonchev–Trinajstić information content (AvgIpc) is 2.87. The van der Waals surface area contributed by atoms with Crippen LogP contribution in [0.3, 0.4) is 0 Å². The number of hydrogen-bond acceptors (Lipinski definition) is 6. The van der Waals surface area contributed by atoms with E-state index in [4.69, 9.17) is 0 Å². The SMILES string of the molecule is CCN1CCC(C#N)(NC(=O)[C@H](CS(=O)(=O)Cc2ccccc2)N[C@@H](c2ccccc2)C(F)(F)F)CC1. The molecule has 0 aliphatic carbocycles. The summed E-state index contributed by atoms with van der Waals surface area (Å²) >= 11 is 0. The number of sulfone groups is 1. The maximum Gasteiger partial charge on any atom is 0.407 e. The summed E-state index contributed by atoms with van der Waals surface area (Å²) in [5.74, 6) is -2.25. The van der Waals surface area contributed by atoms with Crippen LogP contribution in [-0.2, 0) is 20.4 Å². The van der Waals surface area contributed by atoms with Gasteiger partial charge in [-0.15, -0.1) is 0 Å². The number of carbonyl (C=O) groups is 1. The minimum atomic E-state index is -4.80. The van der Waals surface area contributed by atoms with Crippen molar-refractivity contribution in [3.8, 4) is 6.07 Å². The van der Waals surface area contributed by atoms with Crippen molar-refractivity contribution in [3.63, 3.8) is 0 Å². The standard InChI is InChI=1S/C26H31F3N4O3S/c1-2-33-15-13-25(19-30,14-16-33)32-24(34)22(18-37(35,36)17-20-9-5-3-6-10-20)31-23(26(27,28)29)21-11-7-4-8-12-21/h3-12,22-23,31H,2,13-18H2,1H3,(H,32,34)/t22-,23-/m0/s1. The molecular weight excluding hydrogens is 505 g/mol. The highest BCUT2D eigenvalue weighted by atomic mass is 32.2. The average molecular weight is 537 g/mol. The molecule has 200 valence electrons. The topological polar surface area (TPSA) is 102 Å². The molecule has 1 heterocycles. The molecule has 0 bridgehead atoms. The zero-order valence-corrected chi connectivity index (χ0v) is 21.4. The number of likely N-dealkylation sites (tertiary alicyclic amines) is 1. The summed E-state index contributed by atoms with van der Waals surface area (Å²) in [5, 5.41) is 14.7. The van der Waals surface area contributed by atoms with E-state index >= 15 is 0 Å². The number of piperidine rings is 1. The van der Waals surface area contributed by atoms with Gasteiger partial charge in [-0.1, -0.05) is 67.6 Å². The van der Waals surface area contributed by atoms with E-state index in [1.807, 2.05) is 6.92 Å². The van der Waals surface area contributed by atoms with Gasteiger partial charge in [0, 0.05) is 13.1 Å². The van der Waals surface area contributed by atoms with Gasteiger partial charge in [-0.2, -0.15) is 18.4 Å². The van der Waals surface area contributed by atoms with E-state index in [-0.39, 0.29) is 18.4 Å². The molecule has 3 rings (SSSR count). The first-order chi connectivity index (χ1) is 17.5. The van der Waals surface area contributed by atoms with Crippen LogP contribution in [0, 0.1) is 11.3 Å². The van der Waals surface area contributed by atoms with Crippen molar-refractivity contribution in [3.05, 3.63) is 71.8 Å². The Morgan fingerprint density at radius 3 is 2.16 bits per heavy atom. The quantitative estimate of drug-likeness (QED) is 0.483. The van der Waals surface area contributed by atoms with Crippen LogP contribution in [0.1, 0.15) is 36.9 Å². The van der Waals surface area contributed by atoms with Crippen LogP contribution in [0.4, 0.5) is 13.2 Å². The molecule has 2 aromatic rings. The number of nitrogens with zero attached hydrogens (tertiary/aromatic N) is 2. The monoisotopic (exact) mass is 536 g/mol. The van der Waals surface area contributed by atoms with Gasteiger partial charge in [0.25, 0.3) is 0 Å². The minimum Gasteiger partial charge on any atom is -0.336 e. The summed E-state index contributed by atoms with van der Waals surface area (Å²) in [4.78, 5) is 15.5. The van der Waals surface area contributed by atoms with E-state index in [1.54, 1.807) is 36.4 Å². The summed E-state index contributed by atoms with van der Waals surface area (Å²) in [7, 11) is -4.01. The first kappa shape index (κ1) is 28.6. The molecular formula is C26H31F3N4O3S. The molecule has 0 unspecified atom stereocenters. The molecule has 0 spiro atoms. The fourth-order valence-corrected chi connectivity index (χ4v) is 5.98. The van der Waals surface area contributed by atoms with Crippen molar-refractivity contribution in [1.82, 2.24) is 15.5 Å². The van der Waals surface area contributed by atoms with E-state index < -0.39 is 51.0 Å². The summed E-state index contributed by atoms with van der Waals surface area (Å²) in [6.45, 7) is 3.80. The molecule has 1 aliphatic rings. The number of carbonyl (C=O) groups excluding carboxylic acids is 1. The van der Waals surface area contributed by atoms with Crippen molar-refractivity contribution in [2.24, 2.45) is 0 Å². The molecule has 0 aromatic heterocycles. The first-order valence-corrected chi connectivity index (χ1v) is 13.9. The molecule has 7 nitrogen and oxygen atoms in total. The number of hydrogen-bond donors (Lipinski definition) is 2. The lowest BCUT2D eigenvalue weighted by Gasteiger charge is -2.38. The Kier molecular flexibility index (Phi) is 9.34. The number of rotatable bonds is 10. The Morgan fingerprint density at radius 2 is 1.65 bits per heavy atom. The second-order valence-electron chi connectivity index (χ2n) is 9.26. The third-order valence-corrected chi connectivity index (χ3v) is 8.14. The van der Waals surface area contributed by atoms with Gasteiger partial charge >= 0.3 is 6.18 Å². The highest BCUT2D eigenvalue weighted by Gasteiger charge is 2.45. The normalized spacial score (nSPS) is 17.9. The molecule has 1 aliphatic heterocycles. The largest absolute Gasteiger partial charge is 0.407 e. The van der Waals surface area contributed by atoms with Gasteiger partial charge in [0.2, 0.25) is 5.91 Å². The number of benzene rings is 2. The van der Waals surface area contributed by atoms with Gasteiger partial charge in [0.15, 0.2) is 9.84 Å². The van der Waals surface area contributed by atoms with E-state index in [2.05, 4.69) is 21.6 Å². The van der Waals surface area contributed by atoms with Crippen LogP contribution in [0.15, 0.2) is 60.7 Å². The van der Waals surface area contributed by atoms with Crippen LogP contribution < -0.4 is 10.6 Å². The smallest absolute Gasteiger partial charge is 0.336 e. The summed E-state index contributed by atoms with van der Waals surface area (Å²) in [6, 6.07) is 13.2. The van der Waals surface area contributed by atoms with E-state index in [1.165, 1.54) is 24.3 Å². The highest BCUT2D eigenvalue weighted by Crippen LogP contribution is 2.33. The molecule has 2 N–H and O–H groups in total. The van der Waals surface area contributed by atoms with E-state index in [9.17, 15) is 31.6 Å². The van der Waals surface area contributed by atoms with Crippen LogP contribution in [-0.4, -0.2) is 62.4 Å². The third-order valence-electron chi connectivity index (χ3n) is 6.53. The minimum absolute atomic E-state index is 0.153. The Morgan fingerprint density at radius 1 is 1.08 bits per heavy atom. The predicted molar refractivity (Wildman–Crippen MR) is 134 cm³/mol. The van der Waals surface area contributed by atoms with Crippen LogP contribution in [0.25, 0.3) is 0 Å². The Balaban J connectivity index is 1.89. The van der Waals surface area contributed by atoms with Crippen molar-refractivity contribution in [1.29, 1.82) is 5.26 Å². The number of halogens is 3. The van der Waals surface area contributed by atoms with Crippen molar-refractivity contribution >= 4 is 15.7 Å². The summed E-state index contributed by atoms with van der Waals surface area (Å²) in [5.41, 5.74) is -0.983. The fourth-order valence-electron chi connectivity index (χ4n) is 4.41. The third kappa shape index (κ3) is 8.02. The zero-order chi connectivity index (χ0) is 27.1. The molecule has 1 fully saturated rings. The zero-order valence-electron chi connectivity index (χ0n) is 20.5. The Labute approximate surface area is 215 Å². The second-order valence-corrected chi connectivity index (χ2v) is 11.4. The van der Waals surface area contributed by atoms with Gasteiger partial charge in [-0.05, 0) is 30.5 Å². The van der Waals surface area contributed by atoms with Crippen molar-refractivity contribution < 1.29 is 26.4 Å². The lowest BCUT2D eigenvalue weighted by atomic mass is 9.88. The molecule has 2 aromatic carbocycles.